The molecule has 0 aliphatic carbocycles. The van der Waals surface area contributed by atoms with Crippen molar-refractivity contribution in [1.82, 2.24) is 14.5 Å². The molecule has 4 rings (SSSR count). The van der Waals surface area contributed by atoms with E-state index in [1.165, 1.54) is 0 Å². The molecule has 6 nitrogen and oxygen atoms in total. The second-order valence-corrected chi connectivity index (χ2v) is 9.14. The smallest absolute Gasteiger partial charge is 0.242 e. The number of hydrogen-bond acceptors (Lipinski definition) is 3. The fraction of sp³-hybridized carbons (Fsp3) is 0.400. The zero-order valence-corrected chi connectivity index (χ0v) is 20.2. The summed E-state index contributed by atoms with van der Waals surface area (Å²) in [5.41, 5.74) is 2.67. The number of anilines is 1. The Hall–Kier alpha value is -2.67. The van der Waals surface area contributed by atoms with E-state index in [2.05, 4.69) is 29.8 Å². The highest BCUT2D eigenvalue weighted by atomic mass is 79.9. The number of hydrogen-bond donors (Lipinski definition) is 0. The van der Waals surface area contributed by atoms with Gasteiger partial charge in [0.25, 0.3) is 0 Å². The lowest BCUT2D eigenvalue weighted by atomic mass is 10.1. The van der Waals surface area contributed by atoms with E-state index in [1.807, 2.05) is 62.9 Å². The van der Waals surface area contributed by atoms with Gasteiger partial charge < -0.3 is 14.4 Å². The molecule has 2 amide bonds. The van der Waals surface area contributed by atoms with Crippen LogP contribution in [0.4, 0.5) is 5.69 Å². The molecule has 1 aliphatic heterocycles. The summed E-state index contributed by atoms with van der Waals surface area (Å²) in [5.74, 6) is 0.923. The van der Waals surface area contributed by atoms with Gasteiger partial charge in [-0.05, 0) is 53.0 Å². The summed E-state index contributed by atoms with van der Waals surface area (Å²) >= 11 is 3.57. The number of para-hydroxylation sites is 3. The Morgan fingerprint density at radius 2 is 1.78 bits per heavy atom. The zero-order valence-electron chi connectivity index (χ0n) is 18.6. The Morgan fingerprint density at radius 3 is 2.50 bits per heavy atom. The average Bonchev–Trinajstić information content (AvgIpc) is 3.34. The van der Waals surface area contributed by atoms with Crippen LogP contribution in [0.1, 0.15) is 44.9 Å². The molecule has 3 aromatic rings. The number of aromatic nitrogens is 2. The van der Waals surface area contributed by atoms with E-state index in [0.717, 1.165) is 52.9 Å². The van der Waals surface area contributed by atoms with Gasteiger partial charge in [-0.3, -0.25) is 9.59 Å². The maximum Gasteiger partial charge on any atom is 0.242 e. The molecule has 7 heteroatoms. The van der Waals surface area contributed by atoms with Crippen LogP contribution in [-0.4, -0.2) is 45.9 Å². The molecular formula is C25H29BrN4O2. The third kappa shape index (κ3) is 4.44. The van der Waals surface area contributed by atoms with Gasteiger partial charge in [0.1, 0.15) is 12.4 Å². The zero-order chi connectivity index (χ0) is 22.7. The van der Waals surface area contributed by atoms with Crippen molar-refractivity contribution < 1.29 is 9.59 Å². The van der Waals surface area contributed by atoms with Gasteiger partial charge in [0.15, 0.2) is 0 Å². The van der Waals surface area contributed by atoms with Gasteiger partial charge in [-0.1, -0.05) is 38.1 Å². The molecular weight excluding hydrogens is 468 g/mol. The number of benzene rings is 2. The minimum atomic E-state index is -0.0689. The highest BCUT2D eigenvalue weighted by Gasteiger charge is 2.36. The number of halogens is 1. The van der Waals surface area contributed by atoms with Gasteiger partial charge in [-0.25, -0.2) is 4.98 Å². The summed E-state index contributed by atoms with van der Waals surface area (Å²) in [6.45, 7) is 6.49. The number of nitrogens with zero attached hydrogens (tertiary/aromatic N) is 4. The second kappa shape index (κ2) is 9.86. The minimum absolute atomic E-state index is 0.0689. The average molecular weight is 497 g/mol. The number of fused-ring (bicyclic) bond motifs is 1. The largest absolute Gasteiger partial charge is 0.341 e. The molecule has 1 unspecified atom stereocenters. The van der Waals surface area contributed by atoms with Gasteiger partial charge in [0.2, 0.25) is 11.8 Å². The number of rotatable bonds is 8. The van der Waals surface area contributed by atoms with E-state index >= 15 is 0 Å². The number of amides is 2. The molecule has 1 atom stereocenters. The molecule has 32 heavy (non-hydrogen) atoms. The predicted octanol–water partition coefficient (Wildman–Crippen LogP) is 4.97. The molecule has 168 valence electrons. The van der Waals surface area contributed by atoms with Crippen LogP contribution in [0.3, 0.4) is 0 Å². The first-order chi connectivity index (χ1) is 15.5. The van der Waals surface area contributed by atoms with Crippen molar-refractivity contribution in [3.63, 3.8) is 0 Å². The predicted molar refractivity (Wildman–Crippen MR) is 131 cm³/mol. The van der Waals surface area contributed by atoms with E-state index in [4.69, 9.17) is 4.98 Å². The van der Waals surface area contributed by atoms with Crippen molar-refractivity contribution in [2.45, 2.75) is 45.6 Å². The maximum atomic E-state index is 13.2. The number of carbonyl (C=O) groups is 2. The summed E-state index contributed by atoms with van der Waals surface area (Å²) in [6.07, 6.45) is 2.25. The van der Waals surface area contributed by atoms with Gasteiger partial charge in [-0.2, -0.15) is 0 Å². The normalized spacial score (nSPS) is 16.2. The summed E-state index contributed by atoms with van der Waals surface area (Å²) < 4.78 is 2.92. The lowest BCUT2D eigenvalue weighted by molar-refractivity contribution is -0.131. The molecule has 0 saturated carbocycles. The van der Waals surface area contributed by atoms with Crippen LogP contribution in [0.25, 0.3) is 11.0 Å². The van der Waals surface area contributed by atoms with Crippen LogP contribution in [0.5, 0.6) is 0 Å². The fourth-order valence-corrected chi connectivity index (χ4v) is 4.99. The van der Waals surface area contributed by atoms with Crippen LogP contribution in [0.2, 0.25) is 0 Å². The molecule has 2 aromatic carbocycles. The second-order valence-electron chi connectivity index (χ2n) is 8.28. The molecule has 2 heterocycles. The van der Waals surface area contributed by atoms with Gasteiger partial charge in [0, 0.05) is 36.4 Å². The van der Waals surface area contributed by atoms with E-state index in [1.54, 1.807) is 0 Å². The Kier molecular flexibility index (Phi) is 6.94. The van der Waals surface area contributed by atoms with Crippen LogP contribution >= 0.6 is 15.9 Å². The molecule has 1 fully saturated rings. The van der Waals surface area contributed by atoms with Crippen molar-refractivity contribution in [2.24, 2.45) is 0 Å². The third-order valence-corrected chi connectivity index (χ3v) is 6.62. The first-order valence-corrected chi connectivity index (χ1v) is 12.1. The van der Waals surface area contributed by atoms with Gasteiger partial charge >= 0.3 is 0 Å². The van der Waals surface area contributed by atoms with Gasteiger partial charge in [0.05, 0.1) is 16.7 Å². The quantitative estimate of drug-likeness (QED) is 0.442. The monoisotopic (exact) mass is 496 g/mol. The Morgan fingerprint density at radius 1 is 1.09 bits per heavy atom. The highest BCUT2D eigenvalue weighted by Crippen LogP contribution is 2.36. The number of imidazole rings is 1. The number of carbonyl (C=O) groups excluding carboxylic acids is 2. The molecule has 0 N–H and O–H groups in total. The first kappa shape index (κ1) is 22.5. The Bertz CT molecular complexity index is 1120. The summed E-state index contributed by atoms with van der Waals surface area (Å²) in [7, 11) is 0. The van der Waals surface area contributed by atoms with E-state index in [0.29, 0.717) is 13.0 Å². The standard InChI is InChI=1S/C25H29BrN4O2/c1-3-13-28(14-4-2)24(32)17-30-22-12-8-6-10-20(22)27-25(30)18-15-23(31)29(16-18)21-11-7-5-9-19(21)26/h5-12,18H,3-4,13-17H2,1-2H3. The molecule has 0 spiro atoms. The van der Waals surface area contributed by atoms with Crippen LogP contribution in [0.15, 0.2) is 53.0 Å². The molecule has 0 bridgehead atoms. The van der Waals surface area contributed by atoms with Crippen molar-refractivity contribution in [3.05, 3.63) is 58.8 Å². The van der Waals surface area contributed by atoms with Crippen LogP contribution in [0, 0.1) is 0 Å². The van der Waals surface area contributed by atoms with Crippen molar-refractivity contribution in [3.8, 4) is 0 Å². The first-order valence-electron chi connectivity index (χ1n) is 11.3. The highest BCUT2D eigenvalue weighted by molar-refractivity contribution is 9.10. The van der Waals surface area contributed by atoms with E-state index in [-0.39, 0.29) is 24.3 Å². The van der Waals surface area contributed by atoms with Gasteiger partial charge in [-0.15, -0.1) is 0 Å². The van der Waals surface area contributed by atoms with Crippen LogP contribution < -0.4 is 4.90 Å². The van der Waals surface area contributed by atoms with Crippen molar-refractivity contribution in [1.29, 1.82) is 0 Å². The topological polar surface area (TPSA) is 58.4 Å². The molecule has 1 aromatic heterocycles. The molecule has 1 saturated heterocycles. The minimum Gasteiger partial charge on any atom is -0.341 e. The Balaban J connectivity index is 1.67. The lowest BCUT2D eigenvalue weighted by Gasteiger charge is -2.23. The van der Waals surface area contributed by atoms with Crippen molar-refractivity contribution in [2.75, 3.05) is 24.5 Å². The summed E-state index contributed by atoms with van der Waals surface area (Å²) in [4.78, 5) is 34.8. The maximum absolute atomic E-state index is 13.2. The Labute approximate surface area is 197 Å². The van der Waals surface area contributed by atoms with Crippen LogP contribution in [-0.2, 0) is 16.1 Å². The molecule has 1 aliphatic rings. The third-order valence-electron chi connectivity index (χ3n) is 5.95. The molecule has 0 radical (unpaired) electrons. The van der Waals surface area contributed by atoms with E-state index in [9.17, 15) is 9.59 Å². The van der Waals surface area contributed by atoms with Crippen molar-refractivity contribution >= 4 is 44.5 Å². The lowest BCUT2D eigenvalue weighted by Crippen LogP contribution is -2.35. The van der Waals surface area contributed by atoms with E-state index < -0.39 is 0 Å². The summed E-state index contributed by atoms with van der Waals surface area (Å²) in [5, 5.41) is 0. The fourth-order valence-electron chi connectivity index (χ4n) is 4.49. The SMILES string of the molecule is CCCN(CCC)C(=O)Cn1c(C2CC(=O)N(c3ccccc3Br)C2)nc2ccccc21. The summed E-state index contributed by atoms with van der Waals surface area (Å²) in [6, 6.07) is 15.7.